The lowest BCUT2D eigenvalue weighted by atomic mass is 9.69. The fraction of sp³-hybridized carbons (Fsp3) is 0.700. The smallest absolute Gasteiger partial charge is 0.338 e. The van der Waals surface area contributed by atoms with Crippen LogP contribution in [0.2, 0.25) is 0 Å². The van der Waals surface area contributed by atoms with E-state index >= 15 is 0 Å². The third-order valence-electron chi connectivity index (χ3n) is 8.50. The van der Waals surface area contributed by atoms with Crippen molar-refractivity contribution in [1.82, 2.24) is 10.2 Å². The van der Waals surface area contributed by atoms with Crippen molar-refractivity contribution in [1.29, 1.82) is 0 Å². The van der Waals surface area contributed by atoms with Gasteiger partial charge in [0.2, 0.25) is 0 Å². The Hall–Kier alpha value is -2.37. The van der Waals surface area contributed by atoms with E-state index in [4.69, 9.17) is 4.74 Å². The first-order chi connectivity index (χ1) is 16.7. The van der Waals surface area contributed by atoms with Crippen molar-refractivity contribution in [3.05, 3.63) is 35.4 Å². The van der Waals surface area contributed by atoms with E-state index in [1.807, 2.05) is 30.9 Å². The molecule has 1 saturated carbocycles. The number of benzene rings is 1. The van der Waals surface area contributed by atoms with Crippen LogP contribution in [0.5, 0.6) is 0 Å². The Morgan fingerprint density at radius 1 is 1.08 bits per heavy atom. The van der Waals surface area contributed by atoms with E-state index in [1.54, 1.807) is 12.1 Å². The Morgan fingerprint density at radius 3 is 2.17 bits per heavy atom. The van der Waals surface area contributed by atoms with Gasteiger partial charge in [0.05, 0.1) is 17.7 Å². The van der Waals surface area contributed by atoms with Crippen LogP contribution in [-0.2, 0) is 14.3 Å². The molecular formula is C30H46N2O4. The largest absolute Gasteiger partial charge is 0.459 e. The van der Waals surface area contributed by atoms with E-state index in [0.29, 0.717) is 11.5 Å². The second-order valence-electron chi connectivity index (χ2n) is 12.9. The van der Waals surface area contributed by atoms with Crippen molar-refractivity contribution < 1.29 is 19.1 Å². The number of ether oxygens (including phenoxy) is 1. The topological polar surface area (TPSA) is 75.7 Å². The summed E-state index contributed by atoms with van der Waals surface area (Å²) in [6, 6.07) is 7.15. The molecule has 2 fully saturated rings. The molecule has 6 heteroatoms. The molecule has 200 valence electrons. The third kappa shape index (κ3) is 6.12. The molecule has 0 bridgehead atoms. The fourth-order valence-corrected chi connectivity index (χ4v) is 5.67. The lowest BCUT2D eigenvalue weighted by Gasteiger charge is -2.48. The summed E-state index contributed by atoms with van der Waals surface area (Å²) in [7, 11) is 0. The lowest BCUT2D eigenvalue weighted by Crippen LogP contribution is -2.56. The van der Waals surface area contributed by atoms with Gasteiger partial charge in [-0.2, -0.15) is 0 Å². The maximum absolute atomic E-state index is 13.4. The molecule has 1 heterocycles. The standard InChI is InChI=1S/C30H46N2O4/c1-9-29(7,8)17-16-24(21-10-12-22(13-11-21)27(35)36-20(2)3)32-26(34)25(33)31-30(32)18-14-23(15-19-30)28(4,5)6/h10-13,20,23-24H,9,14-19H2,1-8H3,(H,31,33). The summed E-state index contributed by atoms with van der Waals surface area (Å²) in [5.41, 5.74) is 1.11. The van der Waals surface area contributed by atoms with Crippen LogP contribution in [0, 0.1) is 16.7 Å². The van der Waals surface area contributed by atoms with Gasteiger partial charge in [-0.15, -0.1) is 0 Å². The molecule has 1 saturated heterocycles. The zero-order valence-corrected chi connectivity index (χ0v) is 23.6. The molecule has 1 aliphatic heterocycles. The molecule has 1 spiro atoms. The van der Waals surface area contributed by atoms with Gasteiger partial charge in [0.15, 0.2) is 0 Å². The number of amides is 2. The number of nitrogens with zero attached hydrogens (tertiary/aromatic N) is 1. The summed E-state index contributed by atoms with van der Waals surface area (Å²) in [5.74, 6) is -0.736. The minimum Gasteiger partial charge on any atom is -0.459 e. The summed E-state index contributed by atoms with van der Waals surface area (Å²) >= 11 is 0. The molecule has 1 aliphatic carbocycles. The number of nitrogens with one attached hydrogen (secondary N) is 1. The van der Waals surface area contributed by atoms with Crippen LogP contribution in [0.3, 0.4) is 0 Å². The van der Waals surface area contributed by atoms with Gasteiger partial charge in [0, 0.05) is 0 Å². The lowest BCUT2D eigenvalue weighted by molar-refractivity contribution is -0.144. The Balaban J connectivity index is 1.96. The molecule has 1 N–H and O–H groups in total. The summed E-state index contributed by atoms with van der Waals surface area (Å²) in [6.45, 7) is 17.1. The minimum absolute atomic E-state index is 0.122. The van der Waals surface area contributed by atoms with Crippen LogP contribution >= 0.6 is 0 Å². The second-order valence-corrected chi connectivity index (χ2v) is 12.9. The van der Waals surface area contributed by atoms with E-state index in [-0.39, 0.29) is 28.9 Å². The van der Waals surface area contributed by atoms with Crippen LogP contribution in [-0.4, -0.2) is 34.5 Å². The molecule has 2 aliphatic rings. The summed E-state index contributed by atoms with van der Waals surface area (Å²) in [6.07, 6.45) is 5.98. The molecule has 1 aromatic rings. The van der Waals surface area contributed by atoms with Gasteiger partial charge in [-0.1, -0.05) is 60.1 Å². The average Bonchev–Trinajstić information content (AvgIpc) is 3.03. The van der Waals surface area contributed by atoms with Crippen molar-refractivity contribution in [3.63, 3.8) is 0 Å². The molecule has 0 radical (unpaired) electrons. The van der Waals surface area contributed by atoms with Gasteiger partial charge >= 0.3 is 17.8 Å². The SMILES string of the molecule is CCC(C)(C)CCC(c1ccc(C(=O)OC(C)C)cc1)N1C(=O)C(=O)NC12CCC(C(C)(C)C)CC2. The maximum Gasteiger partial charge on any atom is 0.338 e. The third-order valence-corrected chi connectivity index (χ3v) is 8.50. The van der Waals surface area contributed by atoms with Crippen molar-refractivity contribution in [2.75, 3.05) is 0 Å². The normalized spacial score (nSPS) is 23.8. The zero-order chi connectivity index (χ0) is 26.9. The second kappa shape index (κ2) is 10.5. The van der Waals surface area contributed by atoms with Crippen LogP contribution in [0.15, 0.2) is 24.3 Å². The predicted molar refractivity (Wildman–Crippen MR) is 142 cm³/mol. The first-order valence-electron chi connectivity index (χ1n) is 13.7. The van der Waals surface area contributed by atoms with Crippen molar-refractivity contribution in [2.45, 2.75) is 118 Å². The number of carbonyl (C=O) groups excluding carboxylic acids is 3. The Kier molecular flexibility index (Phi) is 8.26. The minimum atomic E-state index is -0.647. The number of rotatable bonds is 8. The van der Waals surface area contributed by atoms with Crippen molar-refractivity contribution in [3.8, 4) is 0 Å². The van der Waals surface area contributed by atoms with Gasteiger partial charge < -0.3 is 15.0 Å². The molecule has 6 nitrogen and oxygen atoms in total. The summed E-state index contributed by atoms with van der Waals surface area (Å²) in [4.78, 5) is 40.5. The quantitative estimate of drug-likeness (QED) is 0.332. The first-order valence-corrected chi connectivity index (χ1v) is 13.7. The average molecular weight is 499 g/mol. The molecule has 1 unspecified atom stereocenters. The fourth-order valence-electron chi connectivity index (χ4n) is 5.67. The highest BCUT2D eigenvalue weighted by molar-refractivity contribution is 6.37. The van der Waals surface area contributed by atoms with E-state index in [0.717, 1.165) is 50.5 Å². The number of hydrogen-bond donors (Lipinski definition) is 1. The molecule has 3 rings (SSSR count). The molecule has 2 amide bonds. The van der Waals surface area contributed by atoms with Crippen LogP contribution in [0.4, 0.5) is 0 Å². The Bertz CT molecular complexity index is 950. The van der Waals surface area contributed by atoms with E-state index in [2.05, 4.69) is 46.9 Å². The molecular weight excluding hydrogens is 452 g/mol. The van der Waals surface area contributed by atoms with Crippen LogP contribution in [0.25, 0.3) is 0 Å². The van der Waals surface area contributed by atoms with Gasteiger partial charge in [0.1, 0.15) is 5.66 Å². The molecule has 1 aromatic carbocycles. The van der Waals surface area contributed by atoms with Gasteiger partial charge in [0.25, 0.3) is 0 Å². The van der Waals surface area contributed by atoms with E-state index in [9.17, 15) is 14.4 Å². The van der Waals surface area contributed by atoms with Crippen molar-refractivity contribution in [2.24, 2.45) is 16.7 Å². The van der Waals surface area contributed by atoms with Crippen molar-refractivity contribution >= 4 is 17.8 Å². The highest BCUT2D eigenvalue weighted by Gasteiger charge is 2.54. The highest BCUT2D eigenvalue weighted by Crippen LogP contribution is 2.47. The van der Waals surface area contributed by atoms with Gasteiger partial charge in [-0.3, -0.25) is 9.59 Å². The Labute approximate surface area is 217 Å². The van der Waals surface area contributed by atoms with E-state index in [1.165, 1.54) is 0 Å². The first kappa shape index (κ1) is 28.2. The van der Waals surface area contributed by atoms with E-state index < -0.39 is 17.5 Å². The molecule has 36 heavy (non-hydrogen) atoms. The number of carbonyl (C=O) groups is 3. The monoisotopic (exact) mass is 498 g/mol. The summed E-state index contributed by atoms with van der Waals surface area (Å²) in [5, 5.41) is 3.12. The Morgan fingerprint density at radius 2 is 1.67 bits per heavy atom. The maximum atomic E-state index is 13.4. The van der Waals surface area contributed by atoms with Gasteiger partial charge in [-0.25, -0.2) is 4.79 Å². The number of hydrogen-bond acceptors (Lipinski definition) is 4. The molecule has 0 aromatic heterocycles. The van der Waals surface area contributed by atoms with Crippen LogP contribution < -0.4 is 5.32 Å². The summed E-state index contributed by atoms with van der Waals surface area (Å²) < 4.78 is 5.34. The predicted octanol–water partition coefficient (Wildman–Crippen LogP) is 6.40. The number of esters is 1. The highest BCUT2D eigenvalue weighted by atomic mass is 16.5. The zero-order valence-electron chi connectivity index (χ0n) is 23.6. The van der Waals surface area contributed by atoms with Crippen LogP contribution in [0.1, 0.15) is 122 Å². The molecule has 1 atom stereocenters. The van der Waals surface area contributed by atoms with Gasteiger partial charge in [-0.05, 0) is 86.8 Å².